The van der Waals surface area contributed by atoms with Gasteiger partial charge in [-0.05, 0) is 67.8 Å². The van der Waals surface area contributed by atoms with E-state index in [1.807, 2.05) is 19.1 Å². The Hall–Kier alpha value is -2.08. The molecule has 0 spiro atoms. The maximum absolute atomic E-state index is 12.8. The molecule has 0 saturated carbocycles. The molecule has 1 saturated heterocycles. The molecule has 1 N–H and O–H groups in total. The van der Waals surface area contributed by atoms with Crippen LogP contribution in [-0.4, -0.2) is 36.5 Å². The number of rotatable bonds is 8. The molecule has 0 aromatic heterocycles. The van der Waals surface area contributed by atoms with E-state index in [4.69, 9.17) is 27.9 Å². The van der Waals surface area contributed by atoms with E-state index in [0.29, 0.717) is 41.0 Å². The minimum absolute atomic E-state index is 0.00910. The van der Waals surface area contributed by atoms with Crippen LogP contribution in [-0.2, 0) is 16.1 Å². The summed E-state index contributed by atoms with van der Waals surface area (Å²) in [6.07, 6.45) is 3.62. The first kappa shape index (κ1) is 23.6. The number of hydrogen-bond acceptors (Lipinski definition) is 4. The van der Waals surface area contributed by atoms with E-state index >= 15 is 0 Å². The number of benzene rings is 2. The van der Waals surface area contributed by atoms with Gasteiger partial charge in [-0.3, -0.25) is 9.69 Å². The van der Waals surface area contributed by atoms with Crippen molar-refractivity contribution in [2.45, 2.75) is 39.2 Å². The maximum Gasteiger partial charge on any atom is 0.338 e. The Labute approximate surface area is 193 Å². The number of nitrogens with one attached hydrogen (secondary N) is 1. The van der Waals surface area contributed by atoms with Gasteiger partial charge in [-0.15, -0.1) is 0 Å². The fraction of sp³-hybridized carbons (Fsp3) is 0.417. The molecule has 0 unspecified atom stereocenters. The van der Waals surface area contributed by atoms with Crippen LogP contribution < -0.4 is 5.32 Å². The zero-order valence-corrected chi connectivity index (χ0v) is 19.2. The standard InChI is InChI=1S/C24H28Cl2N2O3/c1-2-3-13-31-24(30)17-7-10-21(11-8-17)27-23(29)19-5-4-12-28(16-19)15-18-6-9-20(25)14-22(18)26/h6-11,14,19H,2-5,12-13,15-16H2,1H3,(H,27,29)/t19-/m1/s1. The summed E-state index contributed by atoms with van der Waals surface area (Å²) in [4.78, 5) is 27.0. The zero-order valence-electron chi connectivity index (χ0n) is 17.7. The van der Waals surface area contributed by atoms with Gasteiger partial charge in [0.05, 0.1) is 18.1 Å². The van der Waals surface area contributed by atoms with Gasteiger partial charge in [0.1, 0.15) is 0 Å². The van der Waals surface area contributed by atoms with E-state index < -0.39 is 0 Å². The normalized spacial score (nSPS) is 16.7. The van der Waals surface area contributed by atoms with Gasteiger partial charge in [-0.2, -0.15) is 0 Å². The van der Waals surface area contributed by atoms with Crippen molar-refractivity contribution in [3.63, 3.8) is 0 Å². The lowest BCUT2D eigenvalue weighted by atomic mass is 9.96. The third-order valence-corrected chi connectivity index (χ3v) is 5.99. The number of carbonyl (C=O) groups excluding carboxylic acids is 2. The minimum Gasteiger partial charge on any atom is -0.462 e. The first-order valence-corrected chi connectivity index (χ1v) is 11.5. The van der Waals surface area contributed by atoms with Crippen molar-refractivity contribution in [3.05, 3.63) is 63.6 Å². The number of amides is 1. The molecule has 1 aliphatic heterocycles. The molecule has 5 nitrogen and oxygen atoms in total. The summed E-state index contributed by atoms with van der Waals surface area (Å²) in [7, 11) is 0. The summed E-state index contributed by atoms with van der Waals surface area (Å²) >= 11 is 12.3. The molecule has 1 amide bonds. The number of likely N-dealkylation sites (tertiary alicyclic amines) is 1. The van der Waals surface area contributed by atoms with Gasteiger partial charge >= 0.3 is 5.97 Å². The summed E-state index contributed by atoms with van der Waals surface area (Å²) in [5.41, 5.74) is 2.17. The molecule has 7 heteroatoms. The van der Waals surface area contributed by atoms with Crippen LogP contribution in [0.5, 0.6) is 0 Å². The Morgan fingerprint density at radius 3 is 2.65 bits per heavy atom. The summed E-state index contributed by atoms with van der Waals surface area (Å²) < 4.78 is 5.21. The van der Waals surface area contributed by atoms with Gasteiger partial charge in [0, 0.05) is 28.8 Å². The van der Waals surface area contributed by atoms with Crippen molar-refractivity contribution in [1.82, 2.24) is 4.90 Å². The minimum atomic E-state index is -0.338. The average Bonchev–Trinajstić information content (AvgIpc) is 2.76. The Balaban J connectivity index is 1.53. The number of hydrogen-bond donors (Lipinski definition) is 1. The molecule has 1 heterocycles. The number of esters is 1. The van der Waals surface area contributed by atoms with Gasteiger partial charge in [0.25, 0.3) is 0 Å². The number of ether oxygens (including phenoxy) is 1. The second-order valence-electron chi connectivity index (χ2n) is 7.87. The first-order chi connectivity index (χ1) is 15.0. The fourth-order valence-electron chi connectivity index (χ4n) is 3.63. The topological polar surface area (TPSA) is 58.6 Å². The molecular weight excluding hydrogens is 435 g/mol. The van der Waals surface area contributed by atoms with E-state index in [9.17, 15) is 9.59 Å². The highest BCUT2D eigenvalue weighted by atomic mass is 35.5. The van der Waals surface area contributed by atoms with E-state index in [2.05, 4.69) is 10.2 Å². The summed E-state index contributed by atoms with van der Waals surface area (Å²) in [6.45, 7) is 4.76. The lowest BCUT2D eigenvalue weighted by Crippen LogP contribution is -2.40. The monoisotopic (exact) mass is 462 g/mol. The second kappa shape index (κ2) is 11.5. The SMILES string of the molecule is CCCCOC(=O)c1ccc(NC(=O)[C@@H]2CCCN(Cc3ccc(Cl)cc3Cl)C2)cc1. The highest BCUT2D eigenvalue weighted by Crippen LogP contribution is 2.25. The number of piperidine rings is 1. The predicted molar refractivity (Wildman–Crippen MR) is 125 cm³/mol. The van der Waals surface area contributed by atoms with Gasteiger partial charge in [0.15, 0.2) is 0 Å². The molecule has 166 valence electrons. The second-order valence-corrected chi connectivity index (χ2v) is 8.71. The lowest BCUT2D eigenvalue weighted by Gasteiger charge is -2.32. The molecule has 0 aliphatic carbocycles. The van der Waals surface area contributed by atoms with Crippen LogP contribution in [0.2, 0.25) is 10.0 Å². The van der Waals surface area contributed by atoms with E-state index in [1.165, 1.54) is 0 Å². The lowest BCUT2D eigenvalue weighted by molar-refractivity contribution is -0.121. The van der Waals surface area contributed by atoms with Crippen LogP contribution in [0.4, 0.5) is 5.69 Å². The van der Waals surface area contributed by atoms with Gasteiger partial charge < -0.3 is 10.1 Å². The Bertz CT molecular complexity index is 902. The van der Waals surface area contributed by atoms with Crippen molar-refractivity contribution in [2.75, 3.05) is 25.0 Å². The highest BCUT2D eigenvalue weighted by molar-refractivity contribution is 6.35. The summed E-state index contributed by atoms with van der Waals surface area (Å²) in [6, 6.07) is 12.4. The Morgan fingerprint density at radius 1 is 1.16 bits per heavy atom. The third kappa shape index (κ3) is 6.96. The predicted octanol–water partition coefficient (Wildman–Crippen LogP) is 5.80. The van der Waals surface area contributed by atoms with Crippen LogP contribution in [0.25, 0.3) is 0 Å². The van der Waals surface area contributed by atoms with Crippen LogP contribution in [0.15, 0.2) is 42.5 Å². The van der Waals surface area contributed by atoms with E-state index in [-0.39, 0.29) is 17.8 Å². The van der Waals surface area contributed by atoms with Crippen LogP contribution >= 0.6 is 23.2 Å². The summed E-state index contributed by atoms with van der Waals surface area (Å²) in [5.74, 6) is -0.446. The van der Waals surface area contributed by atoms with Crippen molar-refractivity contribution >= 4 is 40.8 Å². The molecule has 2 aromatic rings. The van der Waals surface area contributed by atoms with Crippen molar-refractivity contribution in [1.29, 1.82) is 0 Å². The number of anilines is 1. The molecule has 3 rings (SSSR count). The van der Waals surface area contributed by atoms with Crippen molar-refractivity contribution < 1.29 is 14.3 Å². The fourth-order valence-corrected chi connectivity index (χ4v) is 4.10. The molecule has 1 aliphatic rings. The highest BCUT2D eigenvalue weighted by Gasteiger charge is 2.26. The van der Waals surface area contributed by atoms with E-state index in [1.54, 1.807) is 30.3 Å². The number of unbranched alkanes of at least 4 members (excludes halogenated alkanes) is 1. The van der Waals surface area contributed by atoms with E-state index in [0.717, 1.165) is 37.8 Å². The quantitative estimate of drug-likeness (QED) is 0.397. The molecule has 0 bridgehead atoms. The maximum atomic E-state index is 12.8. The van der Waals surface area contributed by atoms with Gasteiger partial charge in [-0.1, -0.05) is 42.6 Å². The van der Waals surface area contributed by atoms with Crippen LogP contribution in [0.1, 0.15) is 48.5 Å². The van der Waals surface area contributed by atoms with Crippen LogP contribution in [0.3, 0.4) is 0 Å². The summed E-state index contributed by atoms with van der Waals surface area (Å²) in [5, 5.41) is 4.23. The van der Waals surface area contributed by atoms with Crippen molar-refractivity contribution in [3.8, 4) is 0 Å². The largest absolute Gasteiger partial charge is 0.462 e. The molecule has 0 radical (unpaired) electrons. The molecule has 2 aromatic carbocycles. The Morgan fingerprint density at radius 2 is 1.94 bits per heavy atom. The van der Waals surface area contributed by atoms with Gasteiger partial charge in [0.2, 0.25) is 5.91 Å². The molecular formula is C24H28Cl2N2O3. The molecule has 1 fully saturated rings. The number of carbonyl (C=O) groups is 2. The number of halogens is 2. The third-order valence-electron chi connectivity index (χ3n) is 5.40. The molecule has 31 heavy (non-hydrogen) atoms. The number of nitrogens with zero attached hydrogens (tertiary/aromatic N) is 1. The molecule has 1 atom stereocenters. The Kier molecular flexibility index (Phi) is 8.76. The van der Waals surface area contributed by atoms with Crippen LogP contribution in [0, 0.1) is 5.92 Å². The smallest absolute Gasteiger partial charge is 0.338 e. The zero-order chi connectivity index (χ0) is 22.2. The van der Waals surface area contributed by atoms with Gasteiger partial charge in [-0.25, -0.2) is 4.79 Å². The first-order valence-electron chi connectivity index (χ1n) is 10.7. The average molecular weight is 463 g/mol. The van der Waals surface area contributed by atoms with Crippen molar-refractivity contribution in [2.24, 2.45) is 5.92 Å².